The van der Waals surface area contributed by atoms with Crippen LogP contribution in [0.3, 0.4) is 0 Å². The molecule has 5 heterocycles. The van der Waals surface area contributed by atoms with Gasteiger partial charge in [-0.25, -0.2) is 4.98 Å². The molecule has 0 aromatic carbocycles. The van der Waals surface area contributed by atoms with Gasteiger partial charge in [0.15, 0.2) is 0 Å². The fourth-order valence-electron chi connectivity index (χ4n) is 6.28. The van der Waals surface area contributed by atoms with Crippen LogP contribution in [0.1, 0.15) is 56.2 Å². The van der Waals surface area contributed by atoms with Crippen molar-refractivity contribution in [1.82, 2.24) is 14.8 Å². The quantitative estimate of drug-likeness (QED) is 0.753. The number of hydrogen-bond donors (Lipinski definition) is 2. The van der Waals surface area contributed by atoms with Crippen molar-refractivity contribution >= 4 is 17.7 Å². The molecule has 7 nitrogen and oxygen atoms in total. The summed E-state index contributed by atoms with van der Waals surface area (Å²) in [6, 6.07) is 4.95. The van der Waals surface area contributed by atoms with Crippen molar-refractivity contribution < 1.29 is 14.7 Å². The molecular formula is C24H34N4O3. The summed E-state index contributed by atoms with van der Waals surface area (Å²) in [5.41, 5.74) is 2.50. The molecule has 2 N–H and O–H groups in total. The maximum absolute atomic E-state index is 13.2. The minimum absolute atomic E-state index is 0.0764. The van der Waals surface area contributed by atoms with Crippen LogP contribution in [-0.4, -0.2) is 70.0 Å². The standard InChI is InChI=1S/C24H34N4O3/c29-22(30)15-28-20-5-6-21(28)14-18(13-20)24(31)27-10-7-16(8-11-27)12-19-4-3-17-2-1-9-25-23(17)26-19/h3-4,16,18,20-21H,1-2,5-15H2,(H,25,26)(H,29,30)/t18?,20-,21?/m0/s1. The number of amides is 1. The molecule has 0 radical (unpaired) electrons. The summed E-state index contributed by atoms with van der Waals surface area (Å²) in [4.78, 5) is 33.4. The van der Waals surface area contributed by atoms with Gasteiger partial charge in [0, 0.05) is 43.3 Å². The van der Waals surface area contributed by atoms with Crippen LogP contribution < -0.4 is 5.32 Å². The number of carboxylic acids is 1. The van der Waals surface area contributed by atoms with Gasteiger partial charge in [-0.3, -0.25) is 14.5 Å². The number of fused-ring (bicyclic) bond motifs is 3. The molecule has 2 bridgehead atoms. The Morgan fingerprint density at radius 1 is 1.10 bits per heavy atom. The Hall–Kier alpha value is -2.15. The second-order valence-electron chi connectivity index (χ2n) is 9.93. The van der Waals surface area contributed by atoms with E-state index in [1.165, 1.54) is 17.7 Å². The van der Waals surface area contributed by atoms with Crippen LogP contribution in [0.25, 0.3) is 0 Å². The number of carbonyl (C=O) groups excluding carboxylic acids is 1. The molecule has 3 saturated heterocycles. The van der Waals surface area contributed by atoms with E-state index in [1.54, 1.807) is 0 Å². The molecule has 168 valence electrons. The van der Waals surface area contributed by atoms with Gasteiger partial charge in [-0.1, -0.05) is 6.07 Å². The average molecular weight is 427 g/mol. The number of nitrogens with one attached hydrogen (secondary N) is 1. The van der Waals surface area contributed by atoms with Gasteiger partial charge in [0.25, 0.3) is 0 Å². The van der Waals surface area contributed by atoms with Crippen molar-refractivity contribution in [2.45, 2.75) is 69.9 Å². The van der Waals surface area contributed by atoms with Crippen molar-refractivity contribution in [2.24, 2.45) is 11.8 Å². The first kappa shape index (κ1) is 20.7. The lowest BCUT2D eigenvalue weighted by molar-refractivity contribution is -0.142. The fourth-order valence-corrected chi connectivity index (χ4v) is 6.28. The summed E-state index contributed by atoms with van der Waals surface area (Å²) in [5.74, 6) is 1.29. The third-order valence-corrected chi connectivity index (χ3v) is 7.93. The molecular weight excluding hydrogens is 392 g/mol. The van der Waals surface area contributed by atoms with E-state index in [1.807, 2.05) is 0 Å². The fraction of sp³-hybridized carbons (Fsp3) is 0.708. The van der Waals surface area contributed by atoms with Gasteiger partial charge >= 0.3 is 5.97 Å². The first-order valence-electron chi connectivity index (χ1n) is 12.1. The monoisotopic (exact) mass is 426 g/mol. The number of hydrogen-bond acceptors (Lipinski definition) is 5. The molecule has 0 aliphatic carbocycles. The first-order valence-corrected chi connectivity index (χ1v) is 12.1. The molecule has 3 fully saturated rings. The maximum atomic E-state index is 13.2. The van der Waals surface area contributed by atoms with Gasteiger partial charge in [-0.05, 0) is 75.3 Å². The number of aryl methyl sites for hydroxylation is 1. The van der Waals surface area contributed by atoms with E-state index in [0.29, 0.717) is 11.8 Å². The average Bonchev–Trinajstić information content (AvgIpc) is 3.00. The topological polar surface area (TPSA) is 85.8 Å². The van der Waals surface area contributed by atoms with E-state index in [2.05, 4.69) is 27.2 Å². The minimum Gasteiger partial charge on any atom is -0.480 e. The van der Waals surface area contributed by atoms with E-state index >= 15 is 0 Å². The predicted octanol–water partition coefficient (Wildman–Crippen LogP) is 2.55. The highest BCUT2D eigenvalue weighted by molar-refractivity contribution is 5.79. The van der Waals surface area contributed by atoms with E-state index in [4.69, 9.17) is 4.98 Å². The Morgan fingerprint density at radius 2 is 1.84 bits per heavy atom. The van der Waals surface area contributed by atoms with E-state index < -0.39 is 5.97 Å². The van der Waals surface area contributed by atoms with Gasteiger partial charge in [-0.15, -0.1) is 0 Å². The van der Waals surface area contributed by atoms with Crippen molar-refractivity contribution in [3.8, 4) is 0 Å². The summed E-state index contributed by atoms with van der Waals surface area (Å²) in [7, 11) is 0. The van der Waals surface area contributed by atoms with Gasteiger partial charge in [0.1, 0.15) is 5.82 Å². The predicted molar refractivity (Wildman–Crippen MR) is 118 cm³/mol. The van der Waals surface area contributed by atoms with Crippen LogP contribution >= 0.6 is 0 Å². The summed E-state index contributed by atoms with van der Waals surface area (Å²) in [6.45, 7) is 2.82. The molecule has 7 heteroatoms. The molecule has 3 atom stereocenters. The number of nitrogens with zero attached hydrogens (tertiary/aromatic N) is 3. The van der Waals surface area contributed by atoms with Gasteiger partial charge in [0.2, 0.25) is 5.91 Å². The molecule has 5 rings (SSSR count). The molecule has 1 amide bonds. The third kappa shape index (κ3) is 4.43. The highest BCUT2D eigenvalue weighted by Crippen LogP contribution is 2.39. The summed E-state index contributed by atoms with van der Waals surface area (Å²) in [5, 5.41) is 12.6. The molecule has 4 aliphatic rings. The van der Waals surface area contributed by atoms with Crippen molar-refractivity contribution in [3.05, 3.63) is 23.4 Å². The normalized spacial score (nSPS) is 28.8. The van der Waals surface area contributed by atoms with Crippen LogP contribution in [0.4, 0.5) is 5.82 Å². The summed E-state index contributed by atoms with van der Waals surface area (Å²) >= 11 is 0. The number of aromatic nitrogens is 1. The number of aliphatic carboxylic acids is 1. The van der Waals surface area contributed by atoms with Gasteiger partial charge in [-0.2, -0.15) is 0 Å². The molecule has 1 aromatic rings. The molecule has 0 spiro atoms. The number of rotatable bonds is 5. The first-order chi connectivity index (χ1) is 15.1. The highest BCUT2D eigenvalue weighted by Gasteiger charge is 2.44. The van der Waals surface area contributed by atoms with Gasteiger partial charge < -0.3 is 15.3 Å². The number of pyridine rings is 1. The van der Waals surface area contributed by atoms with Gasteiger partial charge in [0.05, 0.1) is 6.54 Å². The number of carboxylic acid groups (broad SMARTS) is 1. The molecule has 31 heavy (non-hydrogen) atoms. The second-order valence-corrected chi connectivity index (χ2v) is 9.93. The number of anilines is 1. The highest BCUT2D eigenvalue weighted by atomic mass is 16.4. The summed E-state index contributed by atoms with van der Waals surface area (Å²) in [6.07, 6.45) is 9.11. The number of piperidine rings is 2. The molecule has 2 unspecified atom stereocenters. The lowest BCUT2D eigenvalue weighted by atomic mass is 9.87. The largest absolute Gasteiger partial charge is 0.480 e. The summed E-state index contributed by atoms with van der Waals surface area (Å²) < 4.78 is 0. The molecule has 0 saturated carbocycles. The van der Waals surface area contributed by atoms with E-state index in [9.17, 15) is 14.7 Å². The smallest absolute Gasteiger partial charge is 0.317 e. The second kappa shape index (κ2) is 8.77. The van der Waals surface area contributed by atoms with E-state index in [0.717, 1.165) is 76.8 Å². The Bertz CT molecular complexity index is 822. The SMILES string of the molecule is O=C(O)CN1C2CC[C@H]1CC(C(=O)N1CCC(Cc3ccc4c(n3)NCCC4)CC1)C2. The van der Waals surface area contributed by atoms with Crippen LogP contribution in [0, 0.1) is 11.8 Å². The Balaban J connectivity index is 1.12. The van der Waals surface area contributed by atoms with Crippen LogP contribution in [0.5, 0.6) is 0 Å². The van der Waals surface area contributed by atoms with Crippen molar-refractivity contribution in [2.75, 3.05) is 31.5 Å². The van der Waals surface area contributed by atoms with Crippen LogP contribution in [0.2, 0.25) is 0 Å². The molecule has 1 aromatic heterocycles. The minimum atomic E-state index is -0.757. The van der Waals surface area contributed by atoms with E-state index in [-0.39, 0.29) is 24.5 Å². The Morgan fingerprint density at radius 3 is 2.55 bits per heavy atom. The van der Waals surface area contributed by atoms with Crippen LogP contribution in [-0.2, 0) is 22.4 Å². The molecule has 4 aliphatic heterocycles. The zero-order chi connectivity index (χ0) is 21.4. The number of carbonyl (C=O) groups is 2. The van der Waals surface area contributed by atoms with Crippen LogP contribution in [0.15, 0.2) is 12.1 Å². The number of likely N-dealkylation sites (tertiary alicyclic amines) is 1. The van der Waals surface area contributed by atoms with Crippen molar-refractivity contribution in [3.63, 3.8) is 0 Å². The lowest BCUT2D eigenvalue weighted by Gasteiger charge is -2.40. The lowest BCUT2D eigenvalue weighted by Crippen LogP contribution is -2.50. The maximum Gasteiger partial charge on any atom is 0.317 e. The zero-order valence-corrected chi connectivity index (χ0v) is 18.3. The van der Waals surface area contributed by atoms with Crippen molar-refractivity contribution in [1.29, 1.82) is 0 Å². The Kier molecular flexibility index (Phi) is 5.87. The Labute approximate surface area is 184 Å². The zero-order valence-electron chi connectivity index (χ0n) is 18.3. The third-order valence-electron chi connectivity index (χ3n) is 7.93.